The molecule has 1 unspecified atom stereocenters. The molecule has 0 saturated heterocycles. The molecular weight excluding hydrogens is 242 g/mol. The molecule has 1 heterocycles. The van der Waals surface area contributed by atoms with E-state index in [9.17, 15) is 9.59 Å². The van der Waals surface area contributed by atoms with Crippen LogP contribution in [0.5, 0.6) is 0 Å². The van der Waals surface area contributed by atoms with Crippen molar-refractivity contribution in [3.63, 3.8) is 0 Å². The Morgan fingerprint density at radius 3 is 2.65 bits per heavy atom. The first-order chi connectivity index (χ1) is 7.93. The summed E-state index contributed by atoms with van der Waals surface area (Å²) >= 11 is 5.83. The van der Waals surface area contributed by atoms with Crippen molar-refractivity contribution in [2.45, 2.75) is 13.0 Å². The van der Waals surface area contributed by atoms with E-state index in [2.05, 4.69) is 10.3 Å². The lowest BCUT2D eigenvalue weighted by molar-refractivity contribution is -0.130. The second-order valence-corrected chi connectivity index (χ2v) is 4.19. The molecule has 1 rings (SSSR count). The van der Waals surface area contributed by atoms with Gasteiger partial charge in [0.1, 0.15) is 6.04 Å². The Labute approximate surface area is 105 Å². The zero-order valence-corrected chi connectivity index (χ0v) is 10.7. The van der Waals surface area contributed by atoms with Gasteiger partial charge in [-0.3, -0.25) is 14.6 Å². The van der Waals surface area contributed by atoms with Crippen LogP contribution in [-0.2, 0) is 4.79 Å². The minimum atomic E-state index is -0.596. The van der Waals surface area contributed by atoms with E-state index in [0.29, 0.717) is 5.56 Å². The Morgan fingerprint density at radius 1 is 1.47 bits per heavy atom. The molecule has 1 aromatic heterocycles. The van der Waals surface area contributed by atoms with Gasteiger partial charge in [0.2, 0.25) is 5.91 Å². The first-order valence-electron chi connectivity index (χ1n) is 5.05. The fourth-order valence-corrected chi connectivity index (χ4v) is 1.49. The number of rotatable bonds is 3. The summed E-state index contributed by atoms with van der Waals surface area (Å²) in [6.07, 6.45) is 2.86. The molecule has 0 aliphatic rings. The molecule has 0 aliphatic carbocycles. The summed E-state index contributed by atoms with van der Waals surface area (Å²) < 4.78 is 0. The maximum absolute atomic E-state index is 11.8. The quantitative estimate of drug-likeness (QED) is 0.875. The van der Waals surface area contributed by atoms with Crippen LogP contribution in [0, 0.1) is 0 Å². The van der Waals surface area contributed by atoms with Gasteiger partial charge in [-0.1, -0.05) is 11.6 Å². The lowest BCUT2D eigenvalue weighted by atomic mass is 10.2. The number of likely N-dealkylation sites (N-methyl/N-ethyl adjacent to an activating group) is 1. The molecule has 6 heteroatoms. The summed E-state index contributed by atoms with van der Waals surface area (Å²) in [5.41, 5.74) is 0.306. The van der Waals surface area contributed by atoms with Gasteiger partial charge in [0.25, 0.3) is 5.91 Å². The third-order valence-corrected chi connectivity index (χ3v) is 2.48. The minimum Gasteiger partial charge on any atom is -0.347 e. The first-order valence-corrected chi connectivity index (χ1v) is 5.43. The Morgan fingerprint density at radius 2 is 2.12 bits per heavy atom. The fraction of sp³-hybridized carbons (Fsp3) is 0.364. The van der Waals surface area contributed by atoms with E-state index < -0.39 is 6.04 Å². The normalized spacial score (nSPS) is 11.8. The van der Waals surface area contributed by atoms with Crippen molar-refractivity contribution in [1.82, 2.24) is 15.2 Å². The topological polar surface area (TPSA) is 62.3 Å². The van der Waals surface area contributed by atoms with Gasteiger partial charge < -0.3 is 10.2 Å². The van der Waals surface area contributed by atoms with Crippen LogP contribution in [0.25, 0.3) is 0 Å². The van der Waals surface area contributed by atoms with Gasteiger partial charge >= 0.3 is 0 Å². The fourth-order valence-electron chi connectivity index (χ4n) is 1.28. The Bertz CT molecular complexity index is 434. The zero-order valence-electron chi connectivity index (χ0n) is 9.90. The lowest BCUT2D eigenvalue weighted by Crippen LogP contribution is -2.44. The number of hydrogen-bond acceptors (Lipinski definition) is 3. The van der Waals surface area contributed by atoms with Crippen molar-refractivity contribution >= 4 is 23.4 Å². The highest BCUT2D eigenvalue weighted by atomic mass is 35.5. The number of halogens is 1. The van der Waals surface area contributed by atoms with Gasteiger partial charge in [-0.15, -0.1) is 0 Å². The van der Waals surface area contributed by atoms with E-state index >= 15 is 0 Å². The molecule has 0 spiro atoms. The summed E-state index contributed by atoms with van der Waals surface area (Å²) in [7, 11) is 3.26. The highest BCUT2D eigenvalue weighted by molar-refractivity contribution is 6.33. The third kappa shape index (κ3) is 3.42. The third-order valence-electron chi connectivity index (χ3n) is 2.18. The minimum absolute atomic E-state index is 0.177. The van der Waals surface area contributed by atoms with Crippen LogP contribution in [-0.4, -0.2) is 41.8 Å². The lowest BCUT2D eigenvalue weighted by Gasteiger charge is -2.18. The van der Waals surface area contributed by atoms with Gasteiger partial charge in [0.15, 0.2) is 0 Å². The molecule has 5 nitrogen and oxygen atoms in total. The maximum Gasteiger partial charge on any atom is 0.253 e. The van der Waals surface area contributed by atoms with Gasteiger partial charge in [-0.2, -0.15) is 0 Å². The molecule has 0 saturated carbocycles. The van der Waals surface area contributed by atoms with E-state index in [0.717, 1.165) is 0 Å². The summed E-state index contributed by atoms with van der Waals surface area (Å²) in [5.74, 6) is -0.566. The van der Waals surface area contributed by atoms with Crippen molar-refractivity contribution in [3.8, 4) is 0 Å². The monoisotopic (exact) mass is 255 g/mol. The van der Waals surface area contributed by atoms with Crippen molar-refractivity contribution < 1.29 is 9.59 Å². The van der Waals surface area contributed by atoms with E-state index in [4.69, 9.17) is 11.6 Å². The number of carbonyl (C=O) groups excluding carboxylic acids is 2. The number of amides is 2. The van der Waals surface area contributed by atoms with Crippen LogP contribution in [0.2, 0.25) is 5.02 Å². The molecule has 17 heavy (non-hydrogen) atoms. The first kappa shape index (κ1) is 13.4. The molecule has 0 fully saturated rings. The van der Waals surface area contributed by atoms with Crippen LogP contribution in [0.15, 0.2) is 18.5 Å². The highest BCUT2D eigenvalue weighted by Gasteiger charge is 2.19. The largest absolute Gasteiger partial charge is 0.347 e. The average molecular weight is 256 g/mol. The number of pyridine rings is 1. The predicted octanol–water partition coefficient (Wildman–Crippen LogP) is 0.942. The molecule has 1 N–H and O–H groups in total. The second-order valence-electron chi connectivity index (χ2n) is 3.78. The van der Waals surface area contributed by atoms with E-state index in [1.807, 2.05) is 0 Å². The average Bonchev–Trinajstić information content (AvgIpc) is 2.28. The smallest absolute Gasteiger partial charge is 0.253 e. The number of aromatic nitrogens is 1. The van der Waals surface area contributed by atoms with Crippen LogP contribution in [0.4, 0.5) is 0 Å². The van der Waals surface area contributed by atoms with Gasteiger partial charge in [0.05, 0.1) is 10.6 Å². The molecule has 0 radical (unpaired) electrons. The van der Waals surface area contributed by atoms with Crippen molar-refractivity contribution in [3.05, 3.63) is 29.0 Å². The predicted molar refractivity (Wildman–Crippen MR) is 64.9 cm³/mol. The maximum atomic E-state index is 11.8. The SMILES string of the molecule is CC(NC(=O)c1ccncc1Cl)C(=O)N(C)C. The summed E-state index contributed by atoms with van der Waals surface area (Å²) in [6.45, 7) is 1.62. The number of hydrogen-bond donors (Lipinski definition) is 1. The molecule has 0 aromatic carbocycles. The van der Waals surface area contributed by atoms with Crippen molar-refractivity contribution in [2.24, 2.45) is 0 Å². The van der Waals surface area contributed by atoms with E-state index in [1.165, 1.54) is 23.4 Å². The molecule has 0 aliphatic heterocycles. The van der Waals surface area contributed by atoms with Gasteiger partial charge in [-0.05, 0) is 13.0 Å². The molecular formula is C11H14ClN3O2. The second kappa shape index (κ2) is 5.63. The van der Waals surface area contributed by atoms with Gasteiger partial charge in [-0.25, -0.2) is 0 Å². The van der Waals surface area contributed by atoms with Crippen LogP contribution < -0.4 is 5.32 Å². The van der Waals surface area contributed by atoms with Crippen LogP contribution >= 0.6 is 11.6 Å². The van der Waals surface area contributed by atoms with E-state index in [-0.39, 0.29) is 16.8 Å². The molecule has 2 amide bonds. The number of carbonyl (C=O) groups is 2. The summed E-state index contributed by atoms with van der Waals surface area (Å²) in [4.78, 5) is 28.6. The van der Waals surface area contributed by atoms with Crippen LogP contribution in [0.1, 0.15) is 17.3 Å². The Kier molecular flexibility index (Phi) is 4.45. The van der Waals surface area contributed by atoms with Gasteiger partial charge in [0, 0.05) is 26.5 Å². The van der Waals surface area contributed by atoms with Crippen LogP contribution in [0.3, 0.4) is 0 Å². The number of nitrogens with one attached hydrogen (secondary N) is 1. The highest BCUT2D eigenvalue weighted by Crippen LogP contribution is 2.13. The Balaban J connectivity index is 2.74. The number of nitrogens with zero attached hydrogens (tertiary/aromatic N) is 2. The Hall–Kier alpha value is -1.62. The van der Waals surface area contributed by atoms with E-state index in [1.54, 1.807) is 21.0 Å². The van der Waals surface area contributed by atoms with Crippen molar-refractivity contribution in [1.29, 1.82) is 0 Å². The molecule has 1 atom stereocenters. The summed E-state index contributed by atoms with van der Waals surface area (Å²) in [5, 5.41) is 2.83. The molecule has 1 aromatic rings. The molecule has 0 bridgehead atoms. The van der Waals surface area contributed by atoms with Crippen molar-refractivity contribution in [2.75, 3.05) is 14.1 Å². The summed E-state index contributed by atoms with van der Waals surface area (Å²) in [6, 6.07) is 0.909. The zero-order chi connectivity index (χ0) is 13.0. The standard InChI is InChI=1S/C11H14ClN3O2/c1-7(11(17)15(2)3)14-10(16)8-4-5-13-6-9(8)12/h4-7H,1-3H3,(H,14,16). The molecule has 92 valence electrons.